The zero-order chi connectivity index (χ0) is 12.3. The van der Waals surface area contributed by atoms with Gasteiger partial charge in [-0.25, -0.2) is 8.42 Å². The van der Waals surface area contributed by atoms with Crippen molar-refractivity contribution in [1.29, 1.82) is 0 Å². The zero-order valence-electron chi connectivity index (χ0n) is 10.0. The summed E-state index contributed by atoms with van der Waals surface area (Å²) in [5, 5.41) is 0. The number of aromatic nitrogens is 1. The first kappa shape index (κ1) is 12.5. The fourth-order valence-corrected chi connectivity index (χ4v) is 3.69. The molecule has 0 aliphatic heterocycles. The first-order valence-electron chi connectivity index (χ1n) is 6.00. The Balaban J connectivity index is 2.20. The van der Waals surface area contributed by atoms with E-state index in [0.29, 0.717) is 0 Å². The van der Waals surface area contributed by atoms with E-state index < -0.39 is 10.0 Å². The van der Waals surface area contributed by atoms with Crippen molar-refractivity contribution in [2.75, 3.05) is 7.05 Å². The van der Waals surface area contributed by atoms with Gasteiger partial charge in [-0.15, -0.1) is 0 Å². The van der Waals surface area contributed by atoms with Crippen molar-refractivity contribution in [3.63, 3.8) is 0 Å². The molecule has 1 aliphatic carbocycles. The number of sulfonamides is 1. The molecule has 0 amide bonds. The predicted octanol–water partition coefficient (Wildman–Crippen LogP) is 2.03. The smallest absolute Gasteiger partial charge is 0.244 e. The third kappa shape index (κ3) is 2.66. The van der Waals surface area contributed by atoms with Crippen LogP contribution in [0.2, 0.25) is 0 Å². The first-order valence-corrected chi connectivity index (χ1v) is 7.44. The number of nitrogens with zero attached hydrogens (tertiary/aromatic N) is 2. The molecule has 0 aromatic carbocycles. The predicted molar refractivity (Wildman–Crippen MR) is 66.1 cm³/mol. The largest absolute Gasteiger partial charge is 0.263 e. The van der Waals surface area contributed by atoms with Crippen molar-refractivity contribution in [3.8, 4) is 0 Å². The molecule has 0 spiro atoms. The highest BCUT2D eigenvalue weighted by atomic mass is 32.2. The molecule has 0 atom stereocenters. The van der Waals surface area contributed by atoms with Crippen LogP contribution < -0.4 is 0 Å². The van der Waals surface area contributed by atoms with Crippen LogP contribution in [0.3, 0.4) is 0 Å². The molecule has 17 heavy (non-hydrogen) atoms. The van der Waals surface area contributed by atoms with Gasteiger partial charge in [-0.3, -0.25) is 4.98 Å². The van der Waals surface area contributed by atoms with Gasteiger partial charge in [-0.1, -0.05) is 19.3 Å². The van der Waals surface area contributed by atoms with Gasteiger partial charge in [0.2, 0.25) is 10.0 Å². The normalized spacial score (nSPS) is 18.5. The fourth-order valence-electron chi connectivity index (χ4n) is 2.31. The average Bonchev–Trinajstić information content (AvgIpc) is 2.40. The molecule has 1 aliphatic rings. The van der Waals surface area contributed by atoms with Crippen molar-refractivity contribution >= 4 is 10.0 Å². The summed E-state index contributed by atoms with van der Waals surface area (Å²) in [6.07, 6.45) is 8.40. The van der Waals surface area contributed by atoms with E-state index in [2.05, 4.69) is 4.98 Å². The molecule has 1 saturated carbocycles. The highest BCUT2D eigenvalue weighted by Gasteiger charge is 2.28. The lowest BCUT2D eigenvalue weighted by atomic mass is 9.96. The summed E-state index contributed by atoms with van der Waals surface area (Å²) < 4.78 is 26.2. The topological polar surface area (TPSA) is 50.3 Å². The Morgan fingerprint density at radius 2 is 2.00 bits per heavy atom. The molecule has 1 heterocycles. The summed E-state index contributed by atoms with van der Waals surface area (Å²) in [6, 6.07) is 3.40. The second-order valence-corrected chi connectivity index (χ2v) is 6.50. The van der Waals surface area contributed by atoms with E-state index >= 15 is 0 Å². The summed E-state index contributed by atoms with van der Waals surface area (Å²) in [4.78, 5) is 4.16. The van der Waals surface area contributed by atoms with Gasteiger partial charge in [0.05, 0.1) is 0 Å². The molecule has 0 radical (unpaired) electrons. The van der Waals surface area contributed by atoms with Gasteiger partial charge in [-0.2, -0.15) is 4.31 Å². The van der Waals surface area contributed by atoms with Gasteiger partial charge in [0.1, 0.15) is 4.90 Å². The monoisotopic (exact) mass is 254 g/mol. The lowest BCUT2D eigenvalue weighted by molar-refractivity contribution is 0.286. The molecule has 0 N–H and O–H groups in total. The zero-order valence-corrected chi connectivity index (χ0v) is 10.9. The molecule has 1 aromatic heterocycles. The highest BCUT2D eigenvalue weighted by molar-refractivity contribution is 7.89. The molecular weight excluding hydrogens is 236 g/mol. The van der Waals surface area contributed by atoms with Crippen LogP contribution in [-0.2, 0) is 10.0 Å². The average molecular weight is 254 g/mol. The Morgan fingerprint density at radius 3 is 2.59 bits per heavy atom. The number of pyridine rings is 1. The molecule has 1 fully saturated rings. The summed E-state index contributed by atoms with van der Waals surface area (Å²) in [5.41, 5.74) is 0. The number of hydrogen-bond acceptors (Lipinski definition) is 3. The van der Waals surface area contributed by atoms with E-state index in [-0.39, 0.29) is 10.9 Å². The Morgan fingerprint density at radius 1 is 1.29 bits per heavy atom. The lowest BCUT2D eigenvalue weighted by Gasteiger charge is -2.30. The van der Waals surface area contributed by atoms with Crippen LogP contribution in [0.4, 0.5) is 0 Å². The van der Waals surface area contributed by atoms with E-state index in [0.717, 1.165) is 25.7 Å². The van der Waals surface area contributed by atoms with Crippen LogP contribution in [0.5, 0.6) is 0 Å². The summed E-state index contributed by atoms with van der Waals surface area (Å²) in [6.45, 7) is 0. The minimum absolute atomic E-state index is 0.147. The molecular formula is C12H18N2O2S. The second-order valence-electron chi connectivity index (χ2n) is 4.50. The highest BCUT2D eigenvalue weighted by Crippen LogP contribution is 2.25. The Bertz CT molecular complexity index is 453. The third-order valence-corrected chi connectivity index (χ3v) is 5.29. The lowest BCUT2D eigenvalue weighted by Crippen LogP contribution is -2.38. The maximum Gasteiger partial charge on any atom is 0.244 e. The van der Waals surface area contributed by atoms with Gasteiger partial charge >= 0.3 is 0 Å². The van der Waals surface area contributed by atoms with Crippen LogP contribution in [0.1, 0.15) is 32.1 Å². The van der Waals surface area contributed by atoms with Gasteiger partial charge in [0.15, 0.2) is 0 Å². The van der Waals surface area contributed by atoms with E-state index in [1.54, 1.807) is 25.4 Å². The Labute approximate surface area is 103 Å². The quantitative estimate of drug-likeness (QED) is 0.829. The molecule has 1 aromatic rings. The molecule has 0 bridgehead atoms. The van der Waals surface area contributed by atoms with Crippen molar-refractivity contribution < 1.29 is 8.42 Å². The van der Waals surface area contributed by atoms with E-state index in [9.17, 15) is 8.42 Å². The molecule has 0 saturated heterocycles. The van der Waals surface area contributed by atoms with Gasteiger partial charge in [-0.05, 0) is 25.0 Å². The van der Waals surface area contributed by atoms with Gasteiger partial charge in [0.25, 0.3) is 0 Å². The van der Waals surface area contributed by atoms with Crippen molar-refractivity contribution in [2.24, 2.45) is 0 Å². The van der Waals surface area contributed by atoms with Gasteiger partial charge in [0, 0.05) is 25.5 Å². The SMILES string of the molecule is CN(C1CCCCC1)S(=O)(=O)c1cccnc1. The van der Waals surface area contributed by atoms with Gasteiger partial charge < -0.3 is 0 Å². The van der Waals surface area contributed by atoms with Crippen LogP contribution in [-0.4, -0.2) is 30.8 Å². The minimum Gasteiger partial charge on any atom is -0.263 e. The van der Waals surface area contributed by atoms with Crippen LogP contribution in [0.15, 0.2) is 29.4 Å². The third-order valence-electron chi connectivity index (χ3n) is 3.40. The maximum absolute atomic E-state index is 12.3. The molecule has 4 nitrogen and oxygen atoms in total. The summed E-state index contributed by atoms with van der Waals surface area (Å²) >= 11 is 0. The maximum atomic E-state index is 12.3. The van der Waals surface area contributed by atoms with Crippen molar-refractivity contribution in [3.05, 3.63) is 24.5 Å². The molecule has 2 rings (SSSR count). The Hall–Kier alpha value is -0.940. The van der Waals surface area contributed by atoms with E-state index in [1.807, 2.05) is 0 Å². The summed E-state index contributed by atoms with van der Waals surface area (Å²) in [5.74, 6) is 0. The molecule has 5 heteroatoms. The van der Waals surface area contributed by atoms with Crippen molar-refractivity contribution in [2.45, 2.75) is 43.0 Å². The van der Waals surface area contributed by atoms with E-state index in [1.165, 1.54) is 16.9 Å². The van der Waals surface area contributed by atoms with Crippen LogP contribution in [0, 0.1) is 0 Å². The second kappa shape index (κ2) is 5.14. The number of rotatable bonds is 3. The standard InChI is InChI=1S/C12H18N2O2S/c1-14(11-6-3-2-4-7-11)17(15,16)12-8-5-9-13-10-12/h5,8-11H,2-4,6-7H2,1H3. The Kier molecular flexibility index (Phi) is 3.79. The van der Waals surface area contributed by atoms with Crippen molar-refractivity contribution in [1.82, 2.24) is 9.29 Å². The summed E-state index contributed by atoms with van der Waals surface area (Å²) in [7, 11) is -1.69. The van der Waals surface area contributed by atoms with Crippen LogP contribution >= 0.6 is 0 Å². The van der Waals surface area contributed by atoms with Crippen LogP contribution in [0.25, 0.3) is 0 Å². The van der Waals surface area contributed by atoms with E-state index in [4.69, 9.17) is 0 Å². The first-order chi connectivity index (χ1) is 8.12. The molecule has 94 valence electrons. The minimum atomic E-state index is -3.37. The number of hydrogen-bond donors (Lipinski definition) is 0. The fraction of sp³-hybridized carbons (Fsp3) is 0.583. The molecule has 0 unspecified atom stereocenters.